The van der Waals surface area contributed by atoms with Crippen molar-refractivity contribution in [2.24, 2.45) is 0 Å². The van der Waals surface area contributed by atoms with Gasteiger partial charge < -0.3 is 14.5 Å². The minimum absolute atomic E-state index is 0.114. The number of thiophene rings is 1. The van der Waals surface area contributed by atoms with Crippen LogP contribution in [0.3, 0.4) is 0 Å². The number of aromatic amines is 1. The van der Waals surface area contributed by atoms with E-state index in [0.717, 1.165) is 6.42 Å². The third-order valence-electron chi connectivity index (χ3n) is 3.80. The maximum atomic E-state index is 12.8. The Morgan fingerprint density at radius 2 is 2.15 bits per heavy atom. The highest BCUT2D eigenvalue weighted by Gasteiger charge is 2.18. The first-order valence-corrected chi connectivity index (χ1v) is 9.41. The van der Waals surface area contributed by atoms with Crippen LogP contribution in [0.2, 0.25) is 0 Å². The van der Waals surface area contributed by atoms with Gasteiger partial charge in [-0.05, 0) is 13.3 Å². The Bertz CT molecular complexity index is 1080. The summed E-state index contributed by atoms with van der Waals surface area (Å²) in [5, 5.41) is 1.80. The van der Waals surface area contributed by atoms with E-state index in [2.05, 4.69) is 9.97 Å². The lowest BCUT2D eigenvalue weighted by Gasteiger charge is -2.08. The van der Waals surface area contributed by atoms with Gasteiger partial charge in [-0.15, -0.1) is 11.3 Å². The van der Waals surface area contributed by atoms with Crippen LogP contribution in [0, 0.1) is 0 Å². The zero-order valence-electron chi connectivity index (χ0n) is 15.0. The number of H-pyrrole nitrogens is 1. The molecule has 0 aliphatic rings. The van der Waals surface area contributed by atoms with Crippen molar-refractivity contribution in [2.45, 2.75) is 26.8 Å². The number of nitrogens with zero attached hydrogens (tertiary/aromatic N) is 2. The molecule has 9 heteroatoms. The van der Waals surface area contributed by atoms with E-state index in [0.29, 0.717) is 17.1 Å². The van der Waals surface area contributed by atoms with E-state index in [9.17, 15) is 14.4 Å². The van der Waals surface area contributed by atoms with Crippen molar-refractivity contribution in [3.8, 4) is 5.75 Å². The normalized spacial score (nSPS) is 10.9. The molecule has 0 aromatic carbocycles. The van der Waals surface area contributed by atoms with E-state index in [4.69, 9.17) is 9.47 Å². The molecule has 0 aliphatic heterocycles. The summed E-state index contributed by atoms with van der Waals surface area (Å²) < 4.78 is 11.7. The average Bonchev–Trinajstić information content (AvgIpc) is 3.08. The predicted molar refractivity (Wildman–Crippen MR) is 102 cm³/mol. The van der Waals surface area contributed by atoms with Gasteiger partial charge in [0.25, 0.3) is 5.56 Å². The van der Waals surface area contributed by atoms with Gasteiger partial charge in [0.2, 0.25) is 5.43 Å². The Kier molecular flexibility index (Phi) is 5.70. The van der Waals surface area contributed by atoms with E-state index in [-0.39, 0.29) is 40.8 Å². The number of hydrogen-bond donors (Lipinski definition) is 1. The summed E-state index contributed by atoms with van der Waals surface area (Å²) in [7, 11) is 0. The van der Waals surface area contributed by atoms with E-state index < -0.39 is 5.97 Å². The lowest BCUT2D eigenvalue weighted by atomic mass is 10.2. The average molecular weight is 389 g/mol. The van der Waals surface area contributed by atoms with Crippen molar-refractivity contribution in [3.63, 3.8) is 0 Å². The van der Waals surface area contributed by atoms with Crippen LogP contribution in [0.25, 0.3) is 10.2 Å². The fourth-order valence-corrected chi connectivity index (χ4v) is 3.41. The molecule has 27 heavy (non-hydrogen) atoms. The number of esters is 1. The van der Waals surface area contributed by atoms with Crippen LogP contribution in [0.5, 0.6) is 5.75 Å². The molecule has 0 fully saturated rings. The Labute approximate surface area is 158 Å². The molecule has 1 N–H and O–H groups in total. The van der Waals surface area contributed by atoms with Crippen LogP contribution in [0.15, 0.2) is 33.6 Å². The minimum Gasteiger partial charge on any atom is -0.488 e. The molecule has 3 aromatic rings. The van der Waals surface area contributed by atoms with Crippen molar-refractivity contribution < 1.29 is 14.3 Å². The molecule has 0 aliphatic carbocycles. The van der Waals surface area contributed by atoms with Gasteiger partial charge >= 0.3 is 5.97 Å². The van der Waals surface area contributed by atoms with Gasteiger partial charge in [0, 0.05) is 23.3 Å². The number of nitrogens with one attached hydrogen (secondary N) is 1. The first-order chi connectivity index (χ1) is 13.0. The van der Waals surface area contributed by atoms with Crippen molar-refractivity contribution >= 4 is 27.5 Å². The number of carbonyl (C=O) groups excluding carboxylic acids is 1. The molecule has 3 rings (SSSR count). The summed E-state index contributed by atoms with van der Waals surface area (Å²) in [6.07, 6.45) is 3.68. The summed E-state index contributed by atoms with van der Waals surface area (Å²) in [5.41, 5.74) is 0.110. The number of aromatic nitrogens is 3. The number of carbonyl (C=O) groups is 1. The molecule has 0 radical (unpaired) electrons. The quantitative estimate of drug-likeness (QED) is 0.621. The van der Waals surface area contributed by atoms with Crippen molar-refractivity contribution in [1.82, 2.24) is 14.5 Å². The largest absolute Gasteiger partial charge is 0.488 e. The highest BCUT2D eigenvalue weighted by molar-refractivity contribution is 7.17. The van der Waals surface area contributed by atoms with E-state index in [1.807, 2.05) is 6.92 Å². The third-order valence-corrected chi connectivity index (χ3v) is 4.68. The highest BCUT2D eigenvalue weighted by Crippen LogP contribution is 2.21. The van der Waals surface area contributed by atoms with E-state index >= 15 is 0 Å². The second-order valence-corrected chi connectivity index (χ2v) is 6.62. The predicted octanol–water partition coefficient (Wildman–Crippen LogP) is 2.16. The van der Waals surface area contributed by atoms with Gasteiger partial charge in [-0.3, -0.25) is 14.2 Å². The molecule has 8 nitrogen and oxygen atoms in total. The van der Waals surface area contributed by atoms with Crippen molar-refractivity contribution in [1.29, 1.82) is 0 Å². The molecule has 0 saturated heterocycles. The smallest absolute Gasteiger partial charge is 0.339 e. The summed E-state index contributed by atoms with van der Waals surface area (Å²) in [6.45, 7) is 4.44. The summed E-state index contributed by atoms with van der Waals surface area (Å²) in [6, 6.07) is 1.39. The Morgan fingerprint density at radius 3 is 2.85 bits per heavy atom. The molecule has 142 valence electrons. The van der Waals surface area contributed by atoms with Crippen LogP contribution in [0.4, 0.5) is 0 Å². The van der Waals surface area contributed by atoms with Gasteiger partial charge in [-0.1, -0.05) is 6.92 Å². The number of ether oxygens (including phenoxy) is 2. The Balaban J connectivity index is 1.94. The first kappa shape index (κ1) is 18.8. The minimum atomic E-state index is -0.550. The lowest BCUT2D eigenvalue weighted by Crippen LogP contribution is -2.23. The third kappa shape index (κ3) is 3.92. The Hall–Kier alpha value is -2.94. The van der Waals surface area contributed by atoms with E-state index in [1.165, 1.54) is 34.5 Å². The molecule has 3 heterocycles. The molecule has 0 unspecified atom stereocenters. The van der Waals surface area contributed by atoms with Gasteiger partial charge in [0.15, 0.2) is 5.75 Å². The second kappa shape index (κ2) is 8.17. The van der Waals surface area contributed by atoms with Gasteiger partial charge in [-0.25, -0.2) is 9.78 Å². The maximum absolute atomic E-state index is 12.8. The highest BCUT2D eigenvalue weighted by atomic mass is 32.1. The molecule has 0 amide bonds. The molecule has 0 atom stereocenters. The molecular weight excluding hydrogens is 370 g/mol. The first-order valence-electron chi connectivity index (χ1n) is 8.53. The molecular formula is C18H19N3O5S. The molecule has 0 saturated carbocycles. The maximum Gasteiger partial charge on any atom is 0.339 e. The van der Waals surface area contributed by atoms with Gasteiger partial charge in [0.1, 0.15) is 4.83 Å². The van der Waals surface area contributed by atoms with Crippen LogP contribution in [-0.2, 0) is 11.3 Å². The SMILES string of the molecule is CCCOc1c[nH]c(Cn2cnc3scc(C(=O)OCC)c3c2=O)cc1=O. The van der Waals surface area contributed by atoms with Crippen molar-refractivity contribution in [2.75, 3.05) is 13.2 Å². The van der Waals surface area contributed by atoms with Crippen LogP contribution >= 0.6 is 11.3 Å². The fourth-order valence-electron chi connectivity index (χ4n) is 2.54. The van der Waals surface area contributed by atoms with Crippen molar-refractivity contribution in [3.05, 3.63) is 55.8 Å². The van der Waals surface area contributed by atoms with Gasteiger partial charge in [0.05, 0.1) is 37.0 Å². The van der Waals surface area contributed by atoms with E-state index in [1.54, 1.807) is 12.3 Å². The Morgan fingerprint density at radius 1 is 1.33 bits per heavy atom. The second-order valence-electron chi connectivity index (χ2n) is 5.76. The van der Waals surface area contributed by atoms with Gasteiger partial charge in [-0.2, -0.15) is 0 Å². The lowest BCUT2D eigenvalue weighted by molar-refractivity contribution is 0.0529. The molecule has 0 spiro atoms. The number of rotatable bonds is 7. The summed E-state index contributed by atoms with van der Waals surface area (Å²) in [4.78, 5) is 44.6. The monoisotopic (exact) mass is 389 g/mol. The summed E-state index contributed by atoms with van der Waals surface area (Å²) >= 11 is 1.21. The van der Waals surface area contributed by atoms with Crippen LogP contribution in [0.1, 0.15) is 36.3 Å². The topological polar surface area (TPSA) is 103 Å². The molecule has 3 aromatic heterocycles. The summed E-state index contributed by atoms with van der Waals surface area (Å²) in [5.74, 6) is -0.310. The standard InChI is InChI=1S/C18H19N3O5S/c1-3-5-26-14-7-19-11(6-13(14)22)8-21-10-20-16-15(17(21)23)12(9-27-16)18(24)25-4-2/h6-7,9-10H,3-5,8H2,1-2H3,(H,19,22). The fraction of sp³-hybridized carbons (Fsp3) is 0.333. The zero-order chi connectivity index (χ0) is 19.4. The van der Waals surface area contributed by atoms with Crippen LogP contribution in [-0.4, -0.2) is 33.7 Å². The zero-order valence-corrected chi connectivity index (χ0v) is 15.8. The number of fused-ring (bicyclic) bond motifs is 1. The number of hydrogen-bond acceptors (Lipinski definition) is 7. The van der Waals surface area contributed by atoms with Crippen LogP contribution < -0.4 is 15.7 Å². The molecule has 0 bridgehead atoms. The number of pyridine rings is 1.